The van der Waals surface area contributed by atoms with Gasteiger partial charge in [-0.2, -0.15) is 0 Å². The van der Waals surface area contributed by atoms with Gasteiger partial charge < -0.3 is 28.7 Å². The summed E-state index contributed by atoms with van der Waals surface area (Å²) >= 11 is 0. The third-order valence-electron chi connectivity index (χ3n) is 5.08. The summed E-state index contributed by atoms with van der Waals surface area (Å²) in [5.74, 6) is 1.20. The van der Waals surface area contributed by atoms with Crippen molar-refractivity contribution in [3.63, 3.8) is 0 Å². The summed E-state index contributed by atoms with van der Waals surface area (Å²) in [6.45, 7) is 4.26. The molecule has 0 saturated carbocycles. The lowest BCUT2D eigenvalue weighted by molar-refractivity contribution is -0.0933. The standard InChI is InChI=1S/C20H30N2O5/c1-21-8-6-16(7-9-21)27-18-5-4-15(12-19(18)24-3)20(23)22(2)13-17-14-25-10-11-26-17/h4-5,12,16-17H,6-11,13-14H2,1-3H3/t17-/m1/s1. The number of ether oxygens (including phenoxy) is 4. The quantitative estimate of drug-likeness (QED) is 0.750. The second-order valence-corrected chi connectivity index (χ2v) is 7.24. The minimum atomic E-state index is -0.0818. The topological polar surface area (TPSA) is 60.5 Å². The number of hydrogen-bond donors (Lipinski definition) is 0. The van der Waals surface area contributed by atoms with Crippen LogP contribution < -0.4 is 9.47 Å². The van der Waals surface area contributed by atoms with Gasteiger partial charge in [-0.05, 0) is 38.1 Å². The van der Waals surface area contributed by atoms with Crippen LogP contribution in [-0.4, -0.2) is 88.6 Å². The fourth-order valence-corrected chi connectivity index (χ4v) is 3.43. The highest BCUT2D eigenvalue weighted by Crippen LogP contribution is 2.31. The van der Waals surface area contributed by atoms with Crippen LogP contribution in [0.25, 0.3) is 0 Å². The smallest absolute Gasteiger partial charge is 0.253 e. The molecule has 3 rings (SSSR count). The van der Waals surface area contributed by atoms with E-state index in [2.05, 4.69) is 11.9 Å². The van der Waals surface area contributed by atoms with Crippen molar-refractivity contribution in [3.05, 3.63) is 23.8 Å². The number of likely N-dealkylation sites (tertiary alicyclic amines) is 1. The Hall–Kier alpha value is -1.83. The van der Waals surface area contributed by atoms with Crippen LogP contribution in [0.1, 0.15) is 23.2 Å². The first-order valence-electron chi connectivity index (χ1n) is 9.55. The summed E-state index contributed by atoms with van der Waals surface area (Å²) in [5.41, 5.74) is 0.571. The van der Waals surface area contributed by atoms with Crippen LogP contribution in [0.3, 0.4) is 0 Å². The lowest BCUT2D eigenvalue weighted by Gasteiger charge is -2.30. The van der Waals surface area contributed by atoms with Crippen LogP contribution in [-0.2, 0) is 9.47 Å². The summed E-state index contributed by atoms with van der Waals surface area (Å²) < 4.78 is 22.6. The molecular weight excluding hydrogens is 348 g/mol. The van der Waals surface area contributed by atoms with E-state index in [0.29, 0.717) is 43.4 Å². The van der Waals surface area contributed by atoms with Crippen LogP contribution in [0.15, 0.2) is 18.2 Å². The number of methoxy groups -OCH3 is 1. The Morgan fingerprint density at radius 2 is 2.04 bits per heavy atom. The van der Waals surface area contributed by atoms with Crippen molar-refractivity contribution >= 4 is 5.91 Å². The van der Waals surface area contributed by atoms with Crippen molar-refractivity contribution in [2.75, 3.05) is 60.7 Å². The molecule has 27 heavy (non-hydrogen) atoms. The zero-order valence-electron chi connectivity index (χ0n) is 16.5. The summed E-state index contributed by atoms with van der Waals surface area (Å²) in [6.07, 6.45) is 2.09. The van der Waals surface area contributed by atoms with Gasteiger partial charge >= 0.3 is 0 Å². The van der Waals surface area contributed by atoms with Gasteiger partial charge in [0.1, 0.15) is 6.10 Å². The number of carbonyl (C=O) groups excluding carboxylic acids is 1. The molecule has 2 saturated heterocycles. The molecule has 1 aromatic rings. The fraction of sp³-hybridized carbons (Fsp3) is 0.650. The zero-order chi connectivity index (χ0) is 19.2. The Bertz CT molecular complexity index is 625. The number of piperidine rings is 1. The molecule has 0 N–H and O–H groups in total. The molecule has 2 aliphatic rings. The van der Waals surface area contributed by atoms with E-state index in [1.54, 1.807) is 31.2 Å². The molecule has 1 atom stereocenters. The van der Waals surface area contributed by atoms with E-state index in [1.807, 2.05) is 6.07 Å². The van der Waals surface area contributed by atoms with Gasteiger partial charge in [0.2, 0.25) is 0 Å². The maximum absolute atomic E-state index is 12.8. The van der Waals surface area contributed by atoms with Crippen molar-refractivity contribution in [1.82, 2.24) is 9.80 Å². The van der Waals surface area contributed by atoms with Crippen LogP contribution in [0.2, 0.25) is 0 Å². The highest BCUT2D eigenvalue weighted by atomic mass is 16.6. The Balaban J connectivity index is 1.62. The van der Waals surface area contributed by atoms with E-state index in [4.69, 9.17) is 18.9 Å². The number of benzene rings is 1. The second-order valence-electron chi connectivity index (χ2n) is 7.24. The van der Waals surface area contributed by atoms with Gasteiger partial charge in [-0.1, -0.05) is 0 Å². The van der Waals surface area contributed by atoms with Crippen molar-refractivity contribution in [1.29, 1.82) is 0 Å². The van der Waals surface area contributed by atoms with Crippen molar-refractivity contribution in [3.8, 4) is 11.5 Å². The molecule has 2 heterocycles. The molecule has 0 aromatic heterocycles. The van der Waals surface area contributed by atoms with E-state index in [1.165, 1.54) is 0 Å². The molecule has 0 radical (unpaired) electrons. The Kier molecular flexibility index (Phi) is 6.93. The summed E-state index contributed by atoms with van der Waals surface area (Å²) in [5, 5.41) is 0. The number of carbonyl (C=O) groups is 1. The lowest BCUT2D eigenvalue weighted by atomic mass is 10.1. The predicted octanol–water partition coefficient (Wildman–Crippen LogP) is 1.66. The minimum Gasteiger partial charge on any atom is -0.493 e. The summed E-state index contributed by atoms with van der Waals surface area (Å²) in [4.78, 5) is 16.7. The van der Waals surface area contributed by atoms with Gasteiger partial charge in [-0.25, -0.2) is 0 Å². The molecule has 2 fully saturated rings. The molecule has 7 nitrogen and oxygen atoms in total. The third-order valence-corrected chi connectivity index (χ3v) is 5.08. The molecule has 1 aromatic carbocycles. The maximum Gasteiger partial charge on any atom is 0.253 e. The Morgan fingerprint density at radius 3 is 2.70 bits per heavy atom. The Morgan fingerprint density at radius 1 is 1.26 bits per heavy atom. The van der Waals surface area contributed by atoms with Crippen LogP contribution in [0.5, 0.6) is 11.5 Å². The third kappa shape index (κ3) is 5.34. The first-order chi connectivity index (χ1) is 13.1. The van der Waals surface area contributed by atoms with Crippen molar-refractivity contribution in [2.45, 2.75) is 25.0 Å². The Labute approximate surface area is 161 Å². The first kappa shape index (κ1) is 19.9. The van der Waals surface area contributed by atoms with Gasteiger partial charge in [0.25, 0.3) is 5.91 Å². The average Bonchev–Trinajstić information content (AvgIpc) is 2.70. The molecular formula is C20H30N2O5. The normalized spacial score (nSPS) is 21.7. The molecule has 1 amide bonds. The van der Waals surface area contributed by atoms with E-state index in [9.17, 15) is 4.79 Å². The minimum absolute atomic E-state index is 0.0756. The fourth-order valence-electron chi connectivity index (χ4n) is 3.43. The van der Waals surface area contributed by atoms with Gasteiger partial charge in [0.15, 0.2) is 11.5 Å². The van der Waals surface area contributed by atoms with E-state index < -0.39 is 0 Å². The van der Waals surface area contributed by atoms with Gasteiger partial charge in [0, 0.05) is 32.2 Å². The van der Waals surface area contributed by atoms with E-state index in [0.717, 1.165) is 25.9 Å². The number of hydrogen-bond acceptors (Lipinski definition) is 6. The zero-order valence-corrected chi connectivity index (χ0v) is 16.5. The van der Waals surface area contributed by atoms with Crippen LogP contribution in [0.4, 0.5) is 0 Å². The number of rotatable bonds is 6. The molecule has 0 aliphatic carbocycles. The molecule has 2 aliphatic heterocycles. The maximum atomic E-state index is 12.8. The summed E-state index contributed by atoms with van der Waals surface area (Å²) in [7, 11) is 5.50. The monoisotopic (exact) mass is 378 g/mol. The van der Waals surface area contributed by atoms with Crippen LogP contribution >= 0.6 is 0 Å². The van der Waals surface area contributed by atoms with Crippen molar-refractivity contribution < 1.29 is 23.7 Å². The number of likely N-dealkylation sites (N-methyl/N-ethyl adjacent to an activating group) is 1. The van der Waals surface area contributed by atoms with Gasteiger partial charge in [-0.15, -0.1) is 0 Å². The molecule has 7 heteroatoms. The summed E-state index contributed by atoms with van der Waals surface area (Å²) in [6, 6.07) is 5.38. The average molecular weight is 378 g/mol. The van der Waals surface area contributed by atoms with E-state index >= 15 is 0 Å². The second kappa shape index (κ2) is 9.39. The lowest BCUT2D eigenvalue weighted by Crippen LogP contribution is -2.40. The molecule has 0 spiro atoms. The van der Waals surface area contributed by atoms with Gasteiger partial charge in [0.05, 0.1) is 33.0 Å². The molecule has 0 bridgehead atoms. The molecule has 0 unspecified atom stereocenters. The predicted molar refractivity (Wildman–Crippen MR) is 102 cm³/mol. The molecule has 150 valence electrons. The number of amides is 1. The van der Waals surface area contributed by atoms with Crippen molar-refractivity contribution in [2.24, 2.45) is 0 Å². The van der Waals surface area contributed by atoms with Crippen LogP contribution in [0, 0.1) is 0 Å². The van der Waals surface area contributed by atoms with Gasteiger partial charge in [-0.3, -0.25) is 4.79 Å². The largest absolute Gasteiger partial charge is 0.493 e. The van der Waals surface area contributed by atoms with E-state index in [-0.39, 0.29) is 18.1 Å². The first-order valence-corrected chi connectivity index (χ1v) is 9.55. The number of nitrogens with zero attached hydrogens (tertiary/aromatic N) is 2. The highest BCUT2D eigenvalue weighted by molar-refractivity contribution is 5.94. The highest BCUT2D eigenvalue weighted by Gasteiger charge is 2.23. The SMILES string of the molecule is COc1cc(C(=O)N(C)C[C@@H]2COCCO2)ccc1OC1CCN(C)CC1.